The van der Waals surface area contributed by atoms with Gasteiger partial charge in [-0.2, -0.15) is 5.10 Å². The van der Waals surface area contributed by atoms with Crippen molar-refractivity contribution in [2.75, 3.05) is 5.32 Å². The molecule has 1 saturated carbocycles. The van der Waals surface area contributed by atoms with Crippen LogP contribution in [0.2, 0.25) is 0 Å². The molecule has 0 spiro atoms. The van der Waals surface area contributed by atoms with Crippen LogP contribution >= 0.6 is 0 Å². The van der Waals surface area contributed by atoms with Crippen molar-refractivity contribution in [2.45, 2.75) is 46.1 Å². The average Bonchev–Trinajstić information content (AvgIpc) is 2.96. The fraction of sp³-hybridized carbons (Fsp3) is 0.500. The van der Waals surface area contributed by atoms with E-state index in [1.54, 1.807) is 6.20 Å². The minimum atomic E-state index is 0.495. The second kappa shape index (κ2) is 5.55. The molecule has 0 amide bonds. The number of aromatic amines is 1. The number of aromatic nitrogens is 2. The second-order valence-electron chi connectivity index (χ2n) is 7.19. The maximum atomic E-state index is 4.03. The van der Waals surface area contributed by atoms with E-state index in [2.05, 4.69) is 60.6 Å². The Labute approximate surface area is 127 Å². The molecule has 1 aliphatic rings. The topological polar surface area (TPSA) is 40.7 Å². The number of nitrogens with one attached hydrogen (secondary N) is 2. The molecule has 112 valence electrons. The van der Waals surface area contributed by atoms with Gasteiger partial charge in [0.1, 0.15) is 0 Å². The summed E-state index contributed by atoms with van der Waals surface area (Å²) in [4.78, 5) is 0. The van der Waals surface area contributed by atoms with E-state index >= 15 is 0 Å². The summed E-state index contributed by atoms with van der Waals surface area (Å²) in [6.45, 7) is 7.15. The Hall–Kier alpha value is -1.77. The Morgan fingerprint density at radius 2 is 2.14 bits per heavy atom. The van der Waals surface area contributed by atoms with E-state index in [1.165, 1.54) is 30.5 Å². The first-order valence-corrected chi connectivity index (χ1v) is 7.90. The van der Waals surface area contributed by atoms with Gasteiger partial charge in [0.2, 0.25) is 0 Å². The van der Waals surface area contributed by atoms with Crippen LogP contribution in [0.15, 0.2) is 36.5 Å². The number of rotatable bonds is 3. The normalized spacial score (nSPS) is 24.7. The van der Waals surface area contributed by atoms with Crippen molar-refractivity contribution in [1.82, 2.24) is 10.2 Å². The third-order valence-electron chi connectivity index (χ3n) is 4.72. The van der Waals surface area contributed by atoms with Gasteiger partial charge < -0.3 is 5.32 Å². The molecule has 2 unspecified atom stereocenters. The summed E-state index contributed by atoms with van der Waals surface area (Å²) in [7, 11) is 0. The highest BCUT2D eigenvalue weighted by Gasteiger charge is 2.32. The summed E-state index contributed by atoms with van der Waals surface area (Å²) in [6, 6.07) is 11.2. The zero-order chi connectivity index (χ0) is 14.9. The summed E-state index contributed by atoms with van der Waals surface area (Å²) < 4.78 is 0. The highest BCUT2D eigenvalue weighted by atomic mass is 15.1. The summed E-state index contributed by atoms with van der Waals surface area (Å²) in [5.41, 5.74) is 3.95. The molecule has 1 heterocycles. The average molecular weight is 283 g/mol. The molecule has 21 heavy (non-hydrogen) atoms. The van der Waals surface area contributed by atoms with E-state index in [0.717, 1.165) is 5.69 Å². The van der Waals surface area contributed by atoms with Crippen LogP contribution in [0, 0.1) is 11.3 Å². The Morgan fingerprint density at radius 3 is 2.86 bits per heavy atom. The molecule has 2 aromatic rings. The lowest BCUT2D eigenvalue weighted by Gasteiger charge is -2.40. The lowest BCUT2D eigenvalue weighted by Crippen LogP contribution is -2.36. The molecule has 3 heteroatoms. The zero-order valence-corrected chi connectivity index (χ0v) is 13.2. The van der Waals surface area contributed by atoms with Gasteiger partial charge in [0.05, 0.1) is 5.69 Å². The van der Waals surface area contributed by atoms with Crippen molar-refractivity contribution in [3.05, 3.63) is 36.5 Å². The van der Waals surface area contributed by atoms with E-state index in [1.807, 2.05) is 6.07 Å². The van der Waals surface area contributed by atoms with Gasteiger partial charge in [-0.1, -0.05) is 32.9 Å². The molecule has 2 N–H and O–H groups in total. The van der Waals surface area contributed by atoms with E-state index in [9.17, 15) is 0 Å². The van der Waals surface area contributed by atoms with Crippen LogP contribution in [-0.2, 0) is 0 Å². The monoisotopic (exact) mass is 283 g/mol. The van der Waals surface area contributed by atoms with E-state index in [4.69, 9.17) is 0 Å². The van der Waals surface area contributed by atoms with Crippen LogP contribution in [0.25, 0.3) is 11.3 Å². The van der Waals surface area contributed by atoms with E-state index < -0.39 is 0 Å². The SMILES string of the molecule is CC1CC(C)(C)CCC1Nc1cccc(-c2ccn[nH]2)c1. The molecular weight excluding hydrogens is 258 g/mol. The Kier molecular flexibility index (Phi) is 3.75. The Balaban J connectivity index is 1.72. The summed E-state index contributed by atoms with van der Waals surface area (Å²) in [6.07, 6.45) is 5.64. The quantitative estimate of drug-likeness (QED) is 0.857. The Morgan fingerprint density at radius 1 is 1.29 bits per heavy atom. The predicted octanol–water partition coefficient (Wildman–Crippen LogP) is 4.70. The summed E-state index contributed by atoms with van der Waals surface area (Å²) in [5, 5.41) is 10.8. The van der Waals surface area contributed by atoms with Gasteiger partial charge in [0.15, 0.2) is 0 Å². The molecule has 1 fully saturated rings. The largest absolute Gasteiger partial charge is 0.382 e. The molecule has 0 bridgehead atoms. The van der Waals surface area contributed by atoms with Crippen LogP contribution < -0.4 is 5.32 Å². The van der Waals surface area contributed by atoms with Crippen molar-refractivity contribution >= 4 is 5.69 Å². The smallest absolute Gasteiger partial charge is 0.0650 e. The van der Waals surface area contributed by atoms with Crippen molar-refractivity contribution < 1.29 is 0 Å². The maximum absolute atomic E-state index is 4.03. The van der Waals surface area contributed by atoms with Gasteiger partial charge in [0.25, 0.3) is 0 Å². The van der Waals surface area contributed by atoms with Gasteiger partial charge in [-0.25, -0.2) is 0 Å². The van der Waals surface area contributed by atoms with Crippen LogP contribution in [0.1, 0.15) is 40.0 Å². The minimum absolute atomic E-state index is 0.495. The second-order valence-corrected chi connectivity index (χ2v) is 7.19. The fourth-order valence-electron chi connectivity index (χ4n) is 3.57. The van der Waals surface area contributed by atoms with Gasteiger partial charge in [-0.05, 0) is 48.8 Å². The lowest BCUT2D eigenvalue weighted by molar-refractivity contribution is 0.177. The number of anilines is 1. The van der Waals surface area contributed by atoms with Crippen LogP contribution in [0.3, 0.4) is 0 Å². The van der Waals surface area contributed by atoms with Crippen LogP contribution in [0.4, 0.5) is 5.69 Å². The zero-order valence-electron chi connectivity index (χ0n) is 13.2. The van der Waals surface area contributed by atoms with Crippen molar-refractivity contribution in [3.63, 3.8) is 0 Å². The van der Waals surface area contributed by atoms with Gasteiger partial charge >= 0.3 is 0 Å². The molecule has 1 aliphatic carbocycles. The molecule has 0 saturated heterocycles. The van der Waals surface area contributed by atoms with Crippen LogP contribution in [-0.4, -0.2) is 16.2 Å². The summed E-state index contributed by atoms with van der Waals surface area (Å²) in [5.74, 6) is 0.713. The Bertz CT molecular complexity index is 586. The first kappa shape index (κ1) is 14.2. The first-order valence-electron chi connectivity index (χ1n) is 7.90. The highest BCUT2D eigenvalue weighted by molar-refractivity contribution is 5.64. The number of nitrogens with zero attached hydrogens (tertiary/aromatic N) is 1. The number of H-pyrrole nitrogens is 1. The molecular formula is C18H25N3. The van der Waals surface area contributed by atoms with Gasteiger partial charge in [-0.3, -0.25) is 5.10 Å². The number of hydrogen-bond acceptors (Lipinski definition) is 2. The standard InChI is InChI=1S/C18H25N3/c1-13-12-18(2,3)9-7-16(13)20-15-6-4-5-14(11-15)17-8-10-19-21-17/h4-6,8,10-11,13,16,20H,7,9,12H2,1-3H3,(H,19,21). The molecule has 1 aromatic carbocycles. The molecule has 1 aromatic heterocycles. The van der Waals surface area contributed by atoms with E-state index in [0.29, 0.717) is 17.4 Å². The minimum Gasteiger partial charge on any atom is -0.382 e. The van der Waals surface area contributed by atoms with Crippen molar-refractivity contribution in [2.24, 2.45) is 11.3 Å². The summed E-state index contributed by atoms with van der Waals surface area (Å²) >= 11 is 0. The first-order chi connectivity index (χ1) is 10.0. The fourth-order valence-corrected chi connectivity index (χ4v) is 3.57. The maximum Gasteiger partial charge on any atom is 0.0650 e. The van der Waals surface area contributed by atoms with E-state index in [-0.39, 0.29) is 0 Å². The molecule has 0 aliphatic heterocycles. The molecule has 3 rings (SSSR count). The molecule has 2 atom stereocenters. The van der Waals surface area contributed by atoms with Gasteiger partial charge in [0, 0.05) is 23.5 Å². The molecule has 3 nitrogen and oxygen atoms in total. The third kappa shape index (κ3) is 3.29. The lowest BCUT2D eigenvalue weighted by atomic mass is 9.70. The molecule has 0 radical (unpaired) electrons. The van der Waals surface area contributed by atoms with Crippen LogP contribution in [0.5, 0.6) is 0 Å². The third-order valence-corrected chi connectivity index (χ3v) is 4.72. The number of benzene rings is 1. The van der Waals surface area contributed by atoms with Crippen molar-refractivity contribution in [1.29, 1.82) is 0 Å². The highest BCUT2D eigenvalue weighted by Crippen LogP contribution is 2.39. The predicted molar refractivity (Wildman–Crippen MR) is 88.2 cm³/mol. The van der Waals surface area contributed by atoms with Crippen molar-refractivity contribution in [3.8, 4) is 11.3 Å². The van der Waals surface area contributed by atoms with Gasteiger partial charge in [-0.15, -0.1) is 0 Å². The number of hydrogen-bond donors (Lipinski definition) is 2.